The minimum Gasteiger partial charge on any atom is -0.584 e. The van der Waals surface area contributed by atoms with Crippen LogP contribution in [0.1, 0.15) is 0 Å². The van der Waals surface area contributed by atoms with Crippen LogP contribution >= 0.6 is 0 Å². The van der Waals surface area contributed by atoms with Crippen LogP contribution in [-0.2, 0) is 51.5 Å². The molecule has 0 N–H and O–H groups in total. The van der Waals surface area contributed by atoms with Gasteiger partial charge in [-0.25, -0.2) is 0 Å². The summed E-state index contributed by atoms with van der Waals surface area (Å²) in [7, 11) is 0. The molecule has 0 atom stereocenters. The molecule has 0 spiro atoms. The molecule has 12 heavy (non-hydrogen) atoms. The standard InChI is InChI=1S/C2H2O4.C2H3O2.2V/c3-1(4)2(5)6;1-2(3)4;;/h(H,3,4)(H,5,6);1H2,(H,3,4);;/q;-1;;/p-3. The van der Waals surface area contributed by atoms with Gasteiger partial charge in [-0.1, -0.05) is 0 Å². The van der Waals surface area contributed by atoms with Gasteiger partial charge >= 0.3 is 0 Å². The van der Waals surface area contributed by atoms with Crippen molar-refractivity contribution < 1.29 is 66.8 Å². The first-order chi connectivity index (χ1) is 4.37. The first-order valence-corrected chi connectivity index (χ1v) is 1.83. The van der Waals surface area contributed by atoms with E-state index in [0.717, 1.165) is 0 Å². The zero-order chi connectivity index (χ0) is 8.73. The Kier molecular flexibility index (Phi) is 24.5. The van der Waals surface area contributed by atoms with Gasteiger partial charge in [-0.05, 0) is 0 Å². The van der Waals surface area contributed by atoms with Crippen LogP contribution in [0.5, 0.6) is 0 Å². The Balaban J connectivity index is -0.0000000483. The third-order valence-corrected chi connectivity index (χ3v) is 0.167. The van der Waals surface area contributed by atoms with Crippen molar-refractivity contribution in [2.75, 3.05) is 0 Å². The second-order valence-electron chi connectivity index (χ2n) is 0.947. The molecule has 0 fully saturated rings. The van der Waals surface area contributed by atoms with Crippen LogP contribution in [0.3, 0.4) is 0 Å². The fourth-order valence-electron chi connectivity index (χ4n) is 0. The molecule has 0 aromatic heterocycles. The molecular weight excluding hydrogens is 246 g/mol. The first kappa shape index (κ1) is 22.5. The number of carboxylic acids is 3. The Morgan fingerprint density at radius 2 is 0.917 bits per heavy atom. The summed E-state index contributed by atoms with van der Waals surface area (Å²) in [4.78, 5) is 26.6. The number of carbonyl (C=O) groups is 3. The average Bonchev–Trinajstić information content (AvgIpc) is 1.63. The van der Waals surface area contributed by atoms with Crippen LogP contribution in [0.25, 0.3) is 0 Å². The van der Waals surface area contributed by atoms with Gasteiger partial charge in [0.15, 0.2) is 0 Å². The number of hydrogen-bond donors (Lipinski definition) is 0. The SMILES string of the molecule is O=C([O-])C(=O)[O-].[CH2-]C(=O)[O-].[V].[V]. The smallest absolute Gasteiger partial charge is 0.0870 e. The number of hydrogen-bond acceptors (Lipinski definition) is 6. The van der Waals surface area contributed by atoms with E-state index in [-0.39, 0.29) is 37.1 Å². The summed E-state index contributed by atoms with van der Waals surface area (Å²) in [6, 6.07) is 0. The predicted molar refractivity (Wildman–Crippen MR) is 20.4 cm³/mol. The summed E-state index contributed by atoms with van der Waals surface area (Å²) in [5, 5.41) is 26.6. The fourth-order valence-corrected chi connectivity index (χ4v) is 0. The van der Waals surface area contributed by atoms with E-state index in [1.165, 1.54) is 0 Å². The molecule has 0 unspecified atom stereocenters. The van der Waals surface area contributed by atoms with Crippen molar-refractivity contribution in [1.29, 1.82) is 0 Å². The van der Waals surface area contributed by atoms with Gasteiger partial charge in [-0.3, -0.25) is 0 Å². The molecule has 2 radical (unpaired) electrons. The van der Waals surface area contributed by atoms with Gasteiger partial charge in [0.1, 0.15) is 0 Å². The zero-order valence-corrected chi connectivity index (χ0v) is 8.34. The average molecular weight is 248 g/mol. The third-order valence-electron chi connectivity index (χ3n) is 0.167. The van der Waals surface area contributed by atoms with E-state index in [9.17, 15) is 0 Å². The van der Waals surface area contributed by atoms with Gasteiger partial charge in [0.2, 0.25) is 0 Å². The summed E-state index contributed by atoms with van der Waals surface area (Å²) >= 11 is 0. The van der Waals surface area contributed by atoms with Crippen molar-refractivity contribution >= 4 is 17.9 Å². The van der Waals surface area contributed by atoms with Crippen LogP contribution in [0.4, 0.5) is 0 Å². The van der Waals surface area contributed by atoms with Gasteiger partial charge in [-0.2, -0.15) is 0 Å². The van der Waals surface area contributed by atoms with Crippen molar-refractivity contribution in [3.05, 3.63) is 6.92 Å². The maximum atomic E-state index is 8.93. The summed E-state index contributed by atoms with van der Waals surface area (Å²) in [5.74, 6) is -5.70. The molecule has 0 aromatic carbocycles. The monoisotopic (exact) mass is 248 g/mol. The summed E-state index contributed by atoms with van der Waals surface area (Å²) in [5.41, 5.74) is 0. The molecule has 0 aromatic rings. The van der Waals surface area contributed by atoms with E-state index < -0.39 is 17.9 Å². The van der Waals surface area contributed by atoms with Crippen molar-refractivity contribution in [1.82, 2.24) is 0 Å². The summed E-state index contributed by atoms with van der Waals surface area (Å²) in [6.45, 7) is 2.44. The maximum absolute atomic E-state index is 8.93. The fraction of sp³-hybridized carbons (Fsp3) is 0. The van der Waals surface area contributed by atoms with Crippen LogP contribution < -0.4 is 15.3 Å². The van der Waals surface area contributed by atoms with E-state index in [1.54, 1.807) is 0 Å². The molecule has 0 rings (SSSR count). The minimum absolute atomic E-state index is 0. The van der Waals surface area contributed by atoms with Crippen LogP contribution in [-0.4, -0.2) is 17.9 Å². The minimum atomic E-state index is -2.19. The van der Waals surface area contributed by atoms with Crippen LogP contribution in [0.15, 0.2) is 0 Å². The van der Waals surface area contributed by atoms with Crippen molar-refractivity contribution in [3.63, 3.8) is 0 Å². The first-order valence-electron chi connectivity index (χ1n) is 1.83. The topological polar surface area (TPSA) is 120 Å². The van der Waals surface area contributed by atoms with Crippen LogP contribution in [0.2, 0.25) is 0 Å². The number of carbonyl (C=O) groups excluding carboxylic acids is 3. The Morgan fingerprint density at radius 3 is 0.917 bits per heavy atom. The molecule has 0 aliphatic carbocycles. The molecule has 0 saturated heterocycles. The molecular formula is C4H2O6V2-4. The molecule has 0 saturated carbocycles. The Hall–Kier alpha value is -0.551. The van der Waals surface area contributed by atoms with Crippen molar-refractivity contribution in [2.24, 2.45) is 0 Å². The maximum Gasteiger partial charge on any atom is 0.0870 e. The van der Waals surface area contributed by atoms with E-state index >= 15 is 0 Å². The predicted octanol–water partition coefficient (Wildman–Crippen LogP) is -4.95. The van der Waals surface area contributed by atoms with Crippen LogP contribution in [0, 0.1) is 6.92 Å². The van der Waals surface area contributed by atoms with E-state index in [0.29, 0.717) is 0 Å². The largest absolute Gasteiger partial charge is 0.584 e. The van der Waals surface area contributed by atoms with Gasteiger partial charge in [0, 0.05) is 37.1 Å². The van der Waals surface area contributed by atoms with Gasteiger partial charge in [-0.15, -0.1) is 5.97 Å². The second kappa shape index (κ2) is 13.1. The molecule has 0 aliphatic heterocycles. The van der Waals surface area contributed by atoms with Gasteiger partial charge in [0.25, 0.3) is 0 Å². The molecule has 0 bridgehead atoms. The number of rotatable bonds is 0. The Bertz CT molecular complexity index is 140. The van der Waals surface area contributed by atoms with Gasteiger partial charge < -0.3 is 36.6 Å². The van der Waals surface area contributed by atoms with E-state index in [2.05, 4.69) is 6.92 Å². The third kappa shape index (κ3) is 56.7. The van der Waals surface area contributed by atoms with Crippen molar-refractivity contribution in [2.45, 2.75) is 0 Å². The zero-order valence-electron chi connectivity index (χ0n) is 5.55. The normalized spacial score (nSPS) is 5.67. The van der Waals surface area contributed by atoms with E-state index in [1.807, 2.05) is 0 Å². The molecule has 68 valence electrons. The summed E-state index contributed by atoms with van der Waals surface area (Å²) in [6.07, 6.45) is 0. The quantitative estimate of drug-likeness (QED) is 0.312. The summed E-state index contributed by atoms with van der Waals surface area (Å²) < 4.78 is 0. The van der Waals surface area contributed by atoms with Crippen molar-refractivity contribution in [3.8, 4) is 0 Å². The molecule has 8 heteroatoms. The Morgan fingerprint density at radius 1 is 0.833 bits per heavy atom. The molecule has 0 amide bonds. The molecule has 0 aliphatic rings. The van der Waals surface area contributed by atoms with Gasteiger partial charge in [0.05, 0.1) is 11.9 Å². The Labute approximate surface area is 91.7 Å². The second-order valence-corrected chi connectivity index (χ2v) is 0.947. The molecule has 0 heterocycles. The molecule has 6 nitrogen and oxygen atoms in total. The number of carboxylic acid groups (broad SMARTS) is 3. The number of aliphatic carboxylic acids is 3. The van der Waals surface area contributed by atoms with E-state index in [4.69, 9.17) is 29.7 Å².